The minimum Gasteiger partial charge on any atom is -0.332 e. The zero-order valence-electron chi connectivity index (χ0n) is 18.5. The van der Waals surface area contributed by atoms with Gasteiger partial charge in [0.25, 0.3) is 5.91 Å². The summed E-state index contributed by atoms with van der Waals surface area (Å²) in [5.74, 6) is 0.0167. The SMILES string of the molecule is CCCCC/C(=C\c1ccccc1)CN(C(=O)c1ccc(Cl)cc1Cl)C1CCCCC1. The van der Waals surface area contributed by atoms with Crippen LogP contribution in [0.4, 0.5) is 0 Å². The minimum atomic E-state index is 0.0167. The molecule has 2 aromatic rings. The number of amides is 1. The lowest BCUT2D eigenvalue weighted by molar-refractivity contribution is 0.0655. The smallest absolute Gasteiger partial charge is 0.255 e. The standard InChI is InChI=1S/C27H33Cl2NO/c1-2-3-6-13-22(18-21-11-7-4-8-12-21)20-30(24-14-9-5-10-15-24)27(31)25-17-16-23(28)19-26(25)29/h4,7-8,11-12,16-19,24H,2-3,5-6,9-10,13-15,20H2,1H3/b22-18+. The fourth-order valence-corrected chi connectivity index (χ4v) is 4.87. The monoisotopic (exact) mass is 457 g/mol. The number of hydrogen-bond acceptors (Lipinski definition) is 1. The second-order valence-electron chi connectivity index (χ2n) is 8.52. The van der Waals surface area contributed by atoms with Gasteiger partial charge in [0.1, 0.15) is 0 Å². The van der Waals surface area contributed by atoms with Crippen molar-refractivity contribution < 1.29 is 4.79 Å². The Balaban J connectivity index is 1.90. The lowest BCUT2D eigenvalue weighted by atomic mass is 9.92. The average Bonchev–Trinajstić information content (AvgIpc) is 2.78. The molecule has 0 spiro atoms. The van der Waals surface area contributed by atoms with Gasteiger partial charge in [0.15, 0.2) is 0 Å². The van der Waals surface area contributed by atoms with E-state index in [9.17, 15) is 4.79 Å². The van der Waals surface area contributed by atoms with E-state index in [1.807, 2.05) is 6.07 Å². The van der Waals surface area contributed by atoms with Crippen molar-refractivity contribution >= 4 is 35.2 Å². The topological polar surface area (TPSA) is 20.3 Å². The van der Waals surface area contributed by atoms with Crippen molar-refractivity contribution in [1.29, 1.82) is 0 Å². The number of carbonyl (C=O) groups excluding carboxylic acids is 1. The van der Waals surface area contributed by atoms with Gasteiger partial charge in [-0.05, 0) is 49.4 Å². The van der Waals surface area contributed by atoms with Gasteiger partial charge in [-0.1, -0.05) is 104 Å². The second kappa shape index (κ2) is 12.3. The van der Waals surface area contributed by atoms with Crippen LogP contribution in [-0.4, -0.2) is 23.4 Å². The highest BCUT2D eigenvalue weighted by Crippen LogP contribution is 2.29. The normalized spacial score (nSPS) is 15.1. The third-order valence-electron chi connectivity index (χ3n) is 6.08. The molecule has 0 saturated heterocycles. The Morgan fingerprint density at radius 3 is 2.45 bits per heavy atom. The Morgan fingerprint density at radius 2 is 1.77 bits per heavy atom. The summed E-state index contributed by atoms with van der Waals surface area (Å²) in [6.07, 6.45) is 12.5. The lowest BCUT2D eigenvalue weighted by Crippen LogP contribution is -2.42. The van der Waals surface area contributed by atoms with Crippen molar-refractivity contribution in [3.63, 3.8) is 0 Å². The molecule has 166 valence electrons. The molecule has 0 aromatic heterocycles. The second-order valence-corrected chi connectivity index (χ2v) is 9.36. The van der Waals surface area contributed by atoms with Crippen LogP contribution in [0.2, 0.25) is 10.0 Å². The maximum absolute atomic E-state index is 13.7. The fourth-order valence-electron chi connectivity index (χ4n) is 4.38. The van der Waals surface area contributed by atoms with E-state index in [1.54, 1.807) is 18.2 Å². The van der Waals surface area contributed by atoms with Gasteiger partial charge in [-0.2, -0.15) is 0 Å². The summed E-state index contributed by atoms with van der Waals surface area (Å²) in [6.45, 7) is 2.88. The number of rotatable bonds is 9. The molecule has 1 aliphatic carbocycles. The molecule has 0 bridgehead atoms. The van der Waals surface area contributed by atoms with E-state index >= 15 is 0 Å². The van der Waals surface area contributed by atoms with Crippen LogP contribution in [0.5, 0.6) is 0 Å². The first-order valence-electron chi connectivity index (χ1n) is 11.6. The fraction of sp³-hybridized carbons (Fsp3) is 0.444. The predicted octanol–water partition coefficient (Wildman–Crippen LogP) is 8.43. The third kappa shape index (κ3) is 7.12. The maximum atomic E-state index is 13.7. The minimum absolute atomic E-state index is 0.0167. The molecule has 0 unspecified atom stereocenters. The first kappa shape index (κ1) is 23.9. The van der Waals surface area contributed by atoms with Gasteiger partial charge in [0, 0.05) is 17.6 Å². The van der Waals surface area contributed by atoms with Gasteiger partial charge >= 0.3 is 0 Å². The van der Waals surface area contributed by atoms with Crippen LogP contribution in [0.15, 0.2) is 54.1 Å². The maximum Gasteiger partial charge on any atom is 0.255 e. The van der Waals surface area contributed by atoms with Crippen LogP contribution < -0.4 is 0 Å². The average molecular weight is 458 g/mol. The van der Waals surface area contributed by atoms with Gasteiger partial charge in [0.05, 0.1) is 10.6 Å². The van der Waals surface area contributed by atoms with E-state index in [0.717, 1.165) is 25.7 Å². The summed E-state index contributed by atoms with van der Waals surface area (Å²) in [6, 6.07) is 15.9. The number of hydrogen-bond donors (Lipinski definition) is 0. The van der Waals surface area contributed by atoms with Crippen LogP contribution in [0, 0.1) is 0 Å². The van der Waals surface area contributed by atoms with Crippen molar-refractivity contribution in [2.24, 2.45) is 0 Å². The Hall–Kier alpha value is -1.77. The summed E-state index contributed by atoms with van der Waals surface area (Å²) >= 11 is 12.5. The van der Waals surface area contributed by atoms with Crippen molar-refractivity contribution in [2.45, 2.75) is 70.8 Å². The van der Waals surface area contributed by atoms with Gasteiger partial charge in [-0.15, -0.1) is 0 Å². The Bertz CT molecular complexity index is 872. The molecule has 2 nitrogen and oxygen atoms in total. The molecule has 0 aliphatic heterocycles. The molecule has 1 fully saturated rings. The Kier molecular flexibility index (Phi) is 9.49. The summed E-state index contributed by atoms with van der Waals surface area (Å²) in [4.78, 5) is 15.7. The van der Waals surface area contributed by atoms with Crippen LogP contribution >= 0.6 is 23.2 Å². The van der Waals surface area contributed by atoms with Crippen molar-refractivity contribution in [3.8, 4) is 0 Å². The van der Waals surface area contributed by atoms with E-state index in [1.165, 1.54) is 43.2 Å². The predicted molar refractivity (Wildman–Crippen MR) is 133 cm³/mol. The van der Waals surface area contributed by atoms with Crippen LogP contribution in [0.1, 0.15) is 80.6 Å². The highest BCUT2D eigenvalue weighted by molar-refractivity contribution is 6.36. The Morgan fingerprint density at radius 1 is 1.03 bits per heavy atom. The zero-order chi connectivity index (χ0) is 22.1. The van der Waals surface area contributed by atoms with Crippen LogP contribution in [0.3, 0.4) is 0 Å². The molecule has 4 heteroatoms. The Labute approximate surface area is 197 Å². The number of unbranched alkanes of at least 4 members (excludes halogenated alkanes) is 2. The third-order valence-corrected chi connectivity index (χ3v) is 6.63. The van der Waals surface area contributed by atoms with Crippen molar-refractivity contribution in [2.75, 3.05) is 6.54 Å². The van der Waals surface area contributed by atoms with Crippen molar-refractivity contribution in [3.05, 3.63) is 75.3 Å². The van der Waals surface area contributed by atoms with Crippen LogP contribution in [-0.2, 0) is 0 Å². The highest BCUT2D eigenvalue weighted by atomic mass is 35.5. The quantitative estimate of drug-likeness (QED) is 0.345. The van der Waals surface area contributed by atoms with E-state index in [4.69, 9.17) is 23.2 Å². The largest absolute Gasteiger partial charge is 0.332 e. The summed E-state index contributed by atoms with van der Waals surface area (Å²) in [5, 5.41) is 0.980. The molecule has 2 aromatic carbocycles. The van der Waals surface area contributed by atoms with Gasteiger partial charge < -0.3 is 4.90 Å². The summed E-state index contributed by atoms with van der Waals surface area (Å²) in [5.41, 5.74) is 3.04. The van der Waals surface area contributed by atoms with E-state index in [-0.39, 0.29) is 11.9 Å². The van der Waals surface area contributed by atoms with E-state index < -0.39 is 0 Å². The van der Waals surface area contributed by atoms with Gasteiger partial charge in [-0.3, -0.25) is 4.79 Å². The summed E-state index contributed by atoms with van der Waals surface area (Å²) < 4.78 is 0. The van der Waals surface area contributed by atoms with Gasteiger partial charge in [0.2, 0.25) is 0 Å². The van der Waals surface area contributed by atoms with E-state index in [0.29, 0.717) is 22.2 Å². The number of benzene rings is 2. The molecular weight excluding hydrogens is 425 g/mol. The van der Waals surface area contributed by atoms with Gasteiger partial charge in [-0.25, -0.2) is 0 Å². The molecule has 3 rings (SSSR count). The van der Waals surface area contributed by atoms with E-state index in [2.05, 4.69) is 42.2 Å². The van der Waals surface area contributed by atoms with Crippen LogP contribution in [0.25, 0.3) is 6.08 Å². The van der Waals surface area contributed by atoms with Crippen molar-refractivity contribution in [1.82, 2.24) is 4.90 Å². The first-order valence-corrected chi connectivity index (χ1v) is 12.3. The molecule has 0 heterocycles. The summed E-state index contributed by atoms with van der Waals surface area (Å²) in [7, 11) is 0. The number of nitrogens with zero attached hydrogens (tertiary/aromatic N) is 1. The molecule has 31 heavy (non-hydrogen) atoms. The molecular formula is C27H33Cl2NO. The lowest BCUT2D eigenvalue weighted by Gasteiger charge is -2.35. The molecule has 1 amide bonds. The highest BCUT2D eigenvalue weighted by Gasteiger charge is 2.28. The molecule has 1 aliphatic rings. The molecule has 1 saturated carbocycles. The molecule has 0 atom stereocenters. The first-order chi connectivity index (χ1) is 15.1. The molecule has 0 radical (unpaired) electrons. The zero-order valence-corrected chi connectivity index (χ0v) is 20.0. The number of halogens is 2. The molecule has 0 N–H and O–H groups in total. The number of carbonyl (C=O) groups is 1.